The van der Waals surface area contributed by atoms with Crippen molar-refractivity contribution in [1.82, 2.24) is 9.80 Å². The molecule has 2 saturated heterocycles. The van der Waals surface area contributed by atoms with Gasteiger partial charge in [-0.1, -0.05) is 11.6 Å². The van der Waals surface area contributed by atoms with Crippen LogP contribution in [0.15, 0.2) is 18.2 Å². The van der Waals surface area contributed by atoms with Crippen molar-refractivity contribution in [2.45, 2.75) is 38.1 Å². The summed E-state index contributed by atoms with van der Waals surface area (Å²) in [6.07, 6.45) is 4.89. The number of halogens is 1. The number of aliphatic hydroxyl groups excluding tert-OH is 1. The van der Waals surface area contributed by atoms with Crippen molar-refractivity contribution in [2.75, 3.05) is 31.6 Å². The maximum absolute atomic E-state index is 12.6. The molecule has 2 N–H and O–H groups in total. The number of carbonyl (C=O) groups excluding carboxylic acids is 2. The van der Waals surface area contributed by atoms with Gasteiger partial charge in [0, 0.05) is 25.2 Å². The van der Waals surface area contributed by atoms with Crippen LogP contribution in [0.5, 0.6) is 0 Å². The summed E-state index contributed by atoms with van der Waals surface area (Å²) < 4.78 is 0. The van der Waals surface area contributed by atoms with Crippen LogP contribution >= 0.6 is 11.6 Å². The minimum absolute atomic E-state index is 0.0266. The Kier molecular flexibility index (Phi) is 5.81. The minimum atomic E-state index is -0.291. The van der Waals surface area contributed by atoms with E-state index in [1.807, 2.05) is 4.90 Å². The second-order valence-electron chi connectivity index (χ2n) is 6.65. The van der Waals surface area contributed by atoms with Crippen molar-refractivity contribution >= 4 is 29.2 Å². The number of urea groups is 1. The highest BCUT2D eigenvalue weighted by molar-refractivity contribution is 6.33. The quantitative estimate of drug-likeness (QED) is 0.864. The van der Waals surface area contributed by atoms with Crippen LogP contribution < -0.4 is 5.32 Å². The molecule has 0 unspecified atom stereocenters. The molecule has 136 valence electrons. The third-order valence-electron chi connectivity index (χ3n) is 4.95. The Hall–Kier alpha value is -1.79. The van der Waals surface area contributed by atoms with E-state index in [1.165, 1.54) is 0 Å². The smallest absolute Gasteiger partial charge is 0.322 e. The Morgan fingerprint density at radius 1 is 1.16 bits per heavy atom. The van der Waals surface area contributed by atoms with E-state index in [0.29, 0.717) is 22.8 Å². The van der Waals surface area contributed by atoms with Crippen molar-refractivity contribution in [2.24, 2.45) is 0 Å². The van der Waals surface area contributed by atoms with Gasteiger partial charge in [-0.2, -0.15) is 0 Å². The first-order valence-corrected chi connectivity index (χ1v) is 9.25. The van der Waals surface area contributed by atoms with Crippen LogP contribution in [-0.2, 0) is 0 Å². The zero-order valence-corrected chi connectivity index (χ0v) is 15.0. The average Bonchev–Trinajstić information content (AvgIpc) is 3.12. The molecule has 25 heavy (non-hydrogen) atoms. The van der Waals surface area contributed by atoms with Crippen LogP contribution in [0.2, 0.25) is 5.02 Å². The second kappa shape index (κ2) is 8.06. The molecule has 0 aromatic heterocycles. The number of aliphatic hydroxyl groups is 1. The molecular formula is C18H24ClN3O3. The standard InChI is InChI=1S/C18H24ClN3O3/c19-15-7-6-13(17(24)21-8-2-1-3-9-21)11-16(15)20-18(25)22-10-4-5-14(22)12-23/h6-7,11,14,23H,1-5,8-10,12H2,(H,20,25)/t14-/m0/s1. The molecule has 0 spiro atoms. The third kappa shape index (κ3) is 4.07. The van der Waals surface area contributed by atoms with Gasteiger partial charge in [-0.05, 0) is 50.3 Å². The van der Waals surface area contributed by atoms with E-state index >= 15 is 0 Å². The molecule has 0 bridgehead atoms. The Bertz CT molecular complexity index is 646. The summed E-state index contributed by atoms with van der Waals surface area (Å²) in [5, 5.41) is 12.5. The van der Waals surface area contributed by atoms with E-state index in [0.717, 1.165) is 45.2 Å². The first-order valence-electron chi connectivity index (χ1n) is 8.87. The summed E-state index contributed by atoms with van der Waals surface area (Å²) in [6.45, 7) is 2.11. The fourth-order valence-electron chi connectivity index (χ4n) is 3.51. The lowest BCUT2D eigenvalue weighted by atomic mass is 10.1. The van der Waals surface area contributed by atoms with Gasteiger partial charge in [-0.15, -0.1) is 0 Å². The first kappa shape index (κ1) is 18.0. The van der Waals surface area contributed by atoms with Crippen molar-refractivity contribution in [3.63, 3.8) is 0 Å². The maximum Gasteiger partial charge on any atom is 0.322 e. The molecule has 2 aliphatic rings. The molecule has 3 amide bonds. The zero-order chi connectivity index (χ0) is 17.8. The number of anilines is 1. The zero-order valence-electron chi connectivity index (χ0n) is 14.2. The van der Waals surface area contributed by atoms with E-state index in [1.54, 1.807) is 23.1 Å². The van der Waals surface area contributed by atoms with Crippen LogP contribution in [0.4, 0.5) is 10.5 Å². The van der Waals surface area contributed by atoms with E-state index in [2.05, 4.69) is 5.32 Å². The lowest BCUT2D eigenvalue weighted by molar-refractivity contribution is 0.0724. The van der Waals surface area contributed by atoms with E-state index < -0.39 is 0 Å². The predicted octanol–water partition coefficient (Wildman–Crippen LogP) is 2.95. The molecule has 0 saturated carbocycles. The van der Waals surface area contributed by atoms with Crippen molar-refractivity contribution in [3.8, 4) is 0 Å². The van der Waals surface area contributed by atoms with Gasteiger partial charge in [0.05, 0.1) is 23.4 Å². The van der Waals surface area contributed by atoms with Crippen molar-refractivity contribution < 1.29 is 14.7 Å². The molecule has 2 fully saturated rings. The van der Waals surface area contributed by atoms with E-state index in [9.17, 15) is 14.7 Å². The number of likely N-dealkylation sites (tertiary alicyclic amines) is 2. The summed E-state index contributed by atoms with van der Waals surface area (Å²) in [7, 11) is 0. The number of carbonyl (C=O) groups is 2. The highest BCUT2D eigenvalue weighted by Gasteiger charge is 2.28. The summed E-state index contributed by atoms with van der Waals surface area (Å²) in [6, 6.07) is 4.53. The summed E-state index contributed by atoms with van der Waals surface area (Å²) >= 11 is 6.20. The number of hydrogen-bond donors (Lipinski definition) is 2. The topological polar surface area (TPSA) is 72.9 Å². The minimum Gasteiger partial charge on any atom is -0.394 e. The highest BCUT2D eigenvalue weighted by Crippen LogP contribution is 2.26. The van der Waals surface area contributed by atoms with Gasteiger partial charge in [0.15, 0.2) is 0 Å². The Morgan fingerprint density at radius 2 is 1.92 bits per heavy atom. The Morgan fingerprint density at radius 3 is 2.64 bits per heavy atom. The van der Waals surface area contributed by atoms with E-state index in [-0.39, 0.29) is 24.6 Å². The van der Waals surface area contributed by atoms with Gasteiger partial charge in [0.1, 0.15) is 0 Å². The summed E-state index contributed by atoms with van der Waals surface area (Å²) in [4.78, 5) is 28.6. The van der Waals surface area contributed by atoms with Crippen LogP contribution in [0.25, 0.3) is 0 Å². The monoisotopic (exact) mass is 365 g/mol. The van der Waals surface area contributed by atoms with Gasteiger partial charge in [-0.3, -0.25) is 4.79 Å². The molecule has 1 atom stereocenters. The predicted molar refractivity (Wildman–Crippen MR) is 97.0 cm³/mol. The fourth-order valence-corrected chi connectivity index (χ4v) is 3.68. The van der Waals surface area contributed by atoms with Crippen LogP contribution in [0, 0.1) is 0 Å². The second-order valence-corrected chi connectivity index (χ2v) is 7.06. The first-order chi connectivity index (χ1) is 12.1. The SMILES string of the molecule is O=C(c1ccc(Cl)c(NC(=O)N2CCC[C@H]2CO)c1)N1CCCCC1. The van der Waals surface area contributed by atoms with Gasteiger partial charge in [0.25, 0.3) is 5.91 Å². The Labute approximate surface area is 152 Å². The molecule has 7 heteroatoms. The molecular weight excluding hydrogens is 342 g/mol. The molecule has 0 aliphatic carbocycles. The number of benzene rings is 1. The largest absolute Gasteiger partial charge is 0.394 e. The molecule has 2 heterocycles. The normalized spacial score (nSPS) is 20.6. The number of amides is 3. The molecule has 6 nitrogen and oxygen atoms in total. The van der Waals surface area contributed by atoms with Crippen LogP contribution in [0.1, 0.15) is 42.5 Å². The van der Waals surface area contributed by atoms with Gasteiger partial charge in [0.2, 0.25) is 0 Å². The lowest BCUT2D eigenvalue weighted by Gasteiger charge is -2.27. The number of rotatable bonds is 3. The van der Waals surface area contributed by atoms with E-state index in [4.69, 9.17) is 11.6 Å². The van der Waals surface area contributed by atoms with Crippen LogP contribution in [-0.4, -0.2) is 59.1 Å². The molecule has 3 rings (SSSR count). The summed E-state index contributed by atoms with van der Waals surface area (Å²) in [5.74, 6) is -0.0266. The van der Waals surface area contributed by atoms with Crippen molar-refractivity contribution in [3.05, 3.63) is 28.8 Å². The molecule has 1 aromatic rings. The van der Waals surface area contributed by atoms with Crippen molar-refractivity contribution in [1.29, 1.82) is 0 Å². The van der Waals surface area contributed by atoms with Gasteiger partial charge >= 0.3 is 6.03 Å². The number of hydrogen-bond acceptors (Lipinski definition) is 3. The Balaban J connectivity index is 1.73. The lowest BCUT2D eigenvalue weighted by Crippen LogP contribution is -2.40. The third-order valence-corrected chi connectivity index (χ3v) is 5.28. The number of piperidine rings is 1. The highest BCUT2D eigenvalue weighted by atomic mass is 35.5. The molecule has 2 aliphatic heterocycles. The maximum atomic E-state index is 12.6. The van der Waals surface area contributed by atoms with Gasteiger partial charge in [-0.25, -0.2) is 4.79 Å². The molecule has 1 aromatic carbocycles. The fraction of sp³-hybridized carbons (Fsp3) is 0.556. The van der Waals surface area contributed by atoms with Crippen LogP contribution in [0.3, 0.4) is 0 Å². The number of nitrogens with zero attached hydrogens (tertiary/aromatic N) is 2. The summed E-state index contributed by atoms with van der Waals surface area (Å²) in [5.41, 5.74) is 0.958. The average molecular weight is 366 g/mol. The number of nitrogens with one attached hydrogen (secondary N) is 1. The molecule has 0 radical (unpaired) electrons. The van der Waals surface area contributed by atoms with Gasteiger partial charge < -0.3 is 20.2 Å².